The fraction of sp³-hybridized carbons (Fsp3) is 0.318. The van der Waals surface area contributed by atoms with Gasteiger partial charge in [-0.25, -0.2) is 14.5 Å². The molecule has 2 heterocycles. The van der Waals surface area contributed by atoms with E-state index in [9.17, 15) is 4.79 Å². The summed E-state index contributed by atoms with van der Waals surface area (Å²) in [6, 6.07) is 11.1. The molecule has 1 fully saturated rings. The molecule has 2 amide bonds. The summed E-state index contributed by atoms with van der Waals surface area (Å²) >= 11 is 12.1. The van der Waals surface area contributed by atoms with Crippen LogP contribution < -0.4 is 5.32 Å². The minimum Gasteiger partial charge on any atom is -0.314 e. The predicted octanol–water partition coefficient (Wildman–Crippen LogP) is 5.62. The van der Waals surface area contributed by atoms with Gasteiger partial charge in [0.2, 0.25) is 0 Å². The molecule has 0 spiro atoms. The first kappa shape index (κ1) is 20.7. The number of nitrogens with zero attached hydrogens (tertiary/aromatic N) is 4. The van der Waals surface area contributed by atoms with Crippen molar-refractivity contribution in [1.82, 2.24) is 19.7 Å². The lowest BCUT2D eigenvalue weighted by Crippen LogP contribution is -2.36. The summed E-state index contributed by atoms with van der Waals surface area (Å²) in [6.07, 6.45) is 3.32. The highest BCUT2D eigenvalue weighted by Crippen LogP contribution is 2.32. The molecule has 4 rings (SSSR count). The van der Waals surface area contributed by atoms with Crippen molar-refractivity contribution in [3.63, 3.8) is 0 Å². The molecule has 0 saturated carbocycles. The van der Waals surface area contributed by atoms with E-state index in [1.165, 1.54) is 0 Å². The number of anilines is 1. The van der Waals surface area contributed by atoms with E-state index < -0.39 is 0 Å². The van der Waals surface area contributed by atoms with Crippen LogP contribution >= 0.6 is 23.2 Å². The van der Waals surface area contributed by atoms with Crippen molar-refractivity contribution < 1.29 is 4.79 Å². The Hall–Kier alpha value is -2.57. The molecule has 1 saturated heterocycles. The molecule has 8 heteroatoms. The average molecular weight is 444 g/mol. The number of amides is 2. The van der Waals surface area contributed by atoms with E-state index in [1.54, 1.807) is 6.33 Å². The third-order valence-corrected chi connectivity index (χ3v) is 5.90. The number of benzene rings is 2. The van der Waals surface area contributed by atoms with Crippen molar-refractivity contribution in [2.24, 2.45) is 0 Å². The van der Waals surface area contributed by atoms with Gasteiger partial charge in [0.15, 0.2) is 0 Å². The summed E-state index contributed by atoms with van der Waals surface area (Å²) in [5, 5.41) is 8.83. The molecule has 2 aromatic carbocycles. The van der Waals surface area contributed by atoms with E-state index in [2.05, 4.69) is 15.4 Å². The van der Waals surface area contributed by atoms with Crippen molar-refractivity contribution in [3.8, 4) is 0 Å². The maximum absolute atomic E-state index is 13.1. The monoisotopic (exact) mass is 443 g/mol. The molecule has 156 valence electrons. The maximum atomic E-state index is 13.1. The number of nitrogens with one attached hydrogen (secondary N) is 1. The number of carbonyl (C=O) groups is 1. The molecule has 6 nitrogen and oxygen atoms in total. The van der Waals surface area contributed by atoms with Gasteiger partial charge in [-0.05, 0) is 67.6 Å². The van der Waals surface area contributed by atoms with Crippen molar-refractivity contribution >= 4 is 34.9 Å². The SMILES string of the molecule is Cc1cc(Cl)cc(C)c1NC(=O)N1CCC[C@@H]1c1ncnn1Cc1ccc(Cl)cc1. The smallest absolute Gasteiger partial charge is 0.314 e. The molecular weight excluding hydrogens is 421 g/mol. The van der Waals surface area contributed by atoms with Gasteiger partial charge in [-0.3, -0.25) is 0 Å². The topological polar surface area (TPSA) is 63.1 Å². The zero-order valence-corrected chi connectivity index (χ0v) is 18.4. The third kappa shape index (κ3) is 4.30. The molecule has 30 heavy (non-hydrogen) atoms. The van der Waals surface area contributed by atoms with Crippen LogP contribution in [0.2, 0.25) is 10.0 Å². The molecule has 0 unspecified atom stereocenters. The van der Waals surface area contributed by atoms with Crippen LogP contribution in [0.15, 0.2) is 42.7 Å². The molecule has 1 atom stereocenters. The maximum Gasteiger partial charge on any atom is 0.322 e. The fourth-order valence-electron chi connectivity index (χ4n) is 3.98. The molecular formula is C22H23Cl2N5O. The number of aromatic nitrogens is 3. The molecule has 1 N–H and O–H groups in total. The molecule has 1 aliphatic rings. The average Bonchev–Trinajstić information content (AvgIpc) is 3.35. The number of hydrogen-bond donors (Lipinski definition) is 1. The van der Waals surface area contributed by atoms with Crippen LogP contribution in [0.25, 0.3) is 0 Å². The molecule has 0 aliphatic carbocycles. The molecule has 3 aromatic rings. The lowest BCUT2D eigenvalue weighted by molar-refractivity contribution is 0.203. The van der Waals surface area contributed by atoms with E-state index in [4.69, 9.17) is 23.2 Å². The van der Waals surface area contributed by atoms with E-state index in [1.807, 2.05) is 59.8 Å². The van der Waals surface area contributed by atoms with E-state index in [0.29, 0.717) is 23.1 Å². The van der Waals surface area contributed by atoms with Gasteiger partial charge in [0.1, 0.15) is 12.2 Å². The minimum atomic E-state index is -0.132. The van der Waals surface area contributed by atoms with E-state index >= 15 is 0 Å². The number of carbonyl (C=O) groups excluding carboxylic acids is 1. The van der Waals surface area contributed by atoms with Gasteiger partial charge >= 0.3 is 6.03 Å². The Morgan fingerprint density at radius 1 is 1.13 bits per heavy atom. The van der Waals surface area contributed by atoms with Crippen LogP contribution in [-0.2, 0) is 6.54 Å². The summed E-state index contributed by atoms with van der Waals surface area (Å²) in [6.45, 7) is 5.14. The van der Waals surface area contributed by atoms with Crippen molar-refractivity contribution in [1.29, 1.82) is 0 Å². The summed E-state index contributed by atoms with van der Waals surface area (Å²) in [5.41, 5.74) is 3.76. The number of urea groups is 1. The van der Waals surface area contributed by atoms with Crippen molar-refractivity contribution in [3.05, 3.63) is 75.3 Å². The normalized spacial score (nSPS) is 16.1. The standard InChI is InChI=1S/C22H23Cl2N5O/c1-14-10-18(24)11-15(2)20(14)27-22(30)28-9-3-4-19(28)21-25-13-26-29(21)12-16-5-7-17(23)8-6-16/h5-8,10-11,13,19H,3-4,9,12H2,1-2H3,(H,27,30)/t19-/m1/s1. The van der Waals surface area contributed by atoms with E-state index in [0.717, 1.165) is 41.0 Å². The molecule has 1 aromatic heterocycles. The third-order valence-electron chi connectivity index (χ3n) is 5.43. The fourth-order valence-corrected chi connectivity index (χ4v) is 4.43. The number of hydrogen-bond acceptors (Lipinski definition) is 3. The van der Waals surface area contributed by atoms with Crippen LogP contribution in [0, 0.1) is 13.8 Å². The summed E-state index contributed by atoms with van der Waals surface area (Å²) in [7, 11) is 0. The van der Waals surface area contributed by atoms with Gasteiger partial charge in [0, 0.05) is 22.3 Å². The highest BCUT2D eigenvalue weighted by atomic mass is 35.5. The number of likely N-dealkylation sites (tertiary alicyclic amines) is 1. The lowest BCUT2D eigenvalue weighted by atomic mass is 10.1. The predicted molar refractivity (Wildman–Crippen MR) is 119 cm³/mol. The van der Waals surface area contributed by atoms with Crippen LogP contribution in [-0.4, -0.2) is 32.2 Å². The largest absolute Gasteiger partial charge is 0.322 e. The Kier molecular flexibility index (Phi) is 5.97. The molecule has 0 bridgehead atoms. The van der Waals surface area contributed by atoms with Crippen molar-refractivity contribution in [2.75, 3.05) is 11.9 Å². The van der Waals surface area contributed by atoms with Crippen LogP contribution in [0.4, 0.5) is 10.5 Å². The van der Waals surface area contributed by atoms with Gasteiger partial charge in [-0.2, -0.15) is 5.10 Å². The molecule has 1 aliphatic heterocycles. The zero-order chi connectivity index (χ0) is 21.3. The van der Waals surface area contributed by atoms with Gasteiger partial charge < -0.3 is 10.2 Å². The van der Waals surface area contributed by atoms with Gasteiger partial charge in [-0.15, -0.1) is 0 Å². The van der Waals surface area contributed by atoms with Crippen molar-refractivity contribution in [2.45, 2.75) is 39.3 Å². The van der Waals surface area contributed by atoms with Gasteiger partial charge in [-0.1, -0.05) is 35.3 Å². The Bertz CT molecular complexity index is 1040. The van der Waals surface area contributed by atoms with Gasteiger partial charge in [0.05, 0.1) is 12.6 Å². The number of halogens is 2. The summed E-state index contributed by atoms with van der Waals surface area (Å²) < 4.78 is 1.86. The second kappa shape index (κ2) is 8.66. The Morgan fingerprint density at radius 3 is 2.53 bits per heavy atom. The van der Waals surface area contributed by atoms with Crippen LogP contribution in [0.1, 0.15) is 41.4 Å². The first-order valence-electron chi connectivity index (χ1n) is 9.89. The zero-order valence-electron chi connectivity index (χ0n) is 16.9. The van der Waals surface area contributed by atoms with Crippen LogP contribution in [0.3, 0.4) is 0 Å². The number of rotatable bonds is 4. The second-order valence-corrected chi connectivity index (χ2v) is 8.47. The lowest BCUT2D eigenvalue weighted by Gasteiger charge is -2.25. The quantitative estimate of drug-likeness (QED) is 0.568. The summed E-state index contributed by atoms with van der Waals surface area (Å²) in [5.74, 6) is 0.794. The highest BCUT2D eigenvalue weighted by Gasteiger charge is 2.33. The highest BCUT2D eigenvalue weighted by molar-refractivity contribution is 6.31. The Morgan fingerprint density at radius 2 is 1.83 bits per heavy atom. The molecule has 0 radical (unpaired) electrons. The first-order chi connectivity index (χ1) is 14.4. The van der Waals surface area contributed by atoms with E-state index in [-0.39, 0.29) is 12.1 Å². The number of aryl methyl sites for hydroxylation is 2. The second-order valence-electron chi connectivity index (χ2n) is 7.60. The first-order valence-corrected chi connectivity index (χ1v) is 10.6. The summed E-state index contributed by atoms with van der Waals surface area (Å²) in [4.78, 5) is 19.5. The Balaban J connectivity index is 1.54. The minimum absolute atomic E-state index is 0.118. The Labute approximate surface area is 185 Å². The van der Waals surface area contributed by atoms with Crippen LogP contribution in [0.5, 0.6) is 0 Å². The van der Waals surface area contributed by atoms with Gasteiger partial charge in [0.25, 0.3) is 0 Å².